The van der Waals surface area contributed by atoms with Crippen LogP contribution < -0.4 is 15.0 Å². The van der Waals surface area contributed by atoms with Gasteiger partial charge in [0.05, 0.1) is 7.11 Å². The smallest absolute Gasteiger partial charge is 0.226 e. The number of para-hydroxylation sites is 1. The van der Waals surface area contributed by atoms with Crippen LogP contribution in [0.25, 0.3) is 0 Å². The van der Waals surface area contributed by atoms with Crippen molar-refractivity contribution in [3.05, 3.63) is 54.6 Å². The van der Waals surface area contributed by atoms with Gasteiger partial charge in [0.2, 0.25) is 5.91 Å². The molecule has 0 aliphatic rings. The third-order valence-corrected chi connectivity index (χ3v) is 3.49. The fraction of sp³-hybridized carbons (Fsp3) is 0.278. The summed E-state index contributed by atoms with van der Waals surface area (Å²) in [5, 5.41) is 2.90. The molecule has 1 N–H and O–H groups in total. The zero-order valence-electron chi connectivity index (χ0n) is 13.1. The Hall–Kier alpha value is -2.49. The minimum absolute atomic E-state index is 0.0135. The number of benzene rings is 2. The van der Waals surface area contributed by atoms with E-state index < -0.39 is 0 Å². The van der Waals surface area contributed by atoms with Crippen LogP contribution in [-0.2, 0) is 4.79 Å². The van der Waals surface area contributed by atoms with Crippen molar-refractivity contribution in [1.82, 2.24) is 0 Å². The molecule has 4 nitrogen and oxygen atoms in total. The number of rotatable bonds is 7. The van der Waals surface area contributed by atoms with Crippen molar-refractivity contribution in [3.63, 3.8) is 0 Å². The molecule has 0 spiro atoms. The van der Waals surface area contributed by atoms with E-state index in [0.717, 1.165) is 23.7 Å². The average Bonchev–Trinajstić information content (AvgIpc) is 2.57. The number of nitrogens with one attached hydrogen (secondary N) is 1. The van der Waals surface area contributed by atoms with Gasteiger partial charge in [0.1, 0.15) is 5.75 Å². The summed E-state index contributed by atoms with van der Waals surface area (Å²) in [6, 6.07) is 17.5. The monoisotopic (exact) mass is 298 g/mol. The first-order chi connectivity index (χ1) is 10.7. The van der Waals surface area contributed by atoms with Crippen LogP contribution in [0.3, 0.4) is 0 Å². The summed E-state index contributed by atoms with van der Waals surface area (Å²) in [4.78, 5) is 14.2. The number of carbonyl (C=O) groups excluding carboxylic acids is 1. The van der Waals surface area contributed by atoms with Gasteiger partial charge in [-0.25, -0.2) is 0 Å². The van der Waals surface area contributed by atoms with Gasteiger partial charge in [-0.3, -0.25) is 4.79 Å². The highest BCUT2D eigenvalue weighted by Crippen LogP contribution is 2.16. The number of hydrogen-bond donors (Lipinski definition) is 1. The van der Waals surface area contributed by atoms with E-state index in [0.29, 0.717) is 13.0 Å². The molecule has 2 aromatic carbocycles. The summed E-state index contributed by atoms with van der Waals surface area (Å²) in [7, 11) is 1.62. The summed E-state index contributed by atoms with van der Waals surface area (Å²) in [5.74, 6) is 0.791. The molecular weight excluding hydrogens is 276 g/mol. The van der Waals surface area contributed by atoms with Gasteiger partial charge in [-0.05, 0) is 43.3 Å². The van der Waals surface area contributed by atoms with Gasteiger partial charge in [0.25, 0.3) is 0 Å². The van der Waals surface area contributed by atoms with Crippen molar-refractivity contribution in [2.24, 2.45) is 0 Å². The number of nitrogens with zero attached hydrogens (tertiary/aromatic N) is 1. The summed E-state index contributed by atoms with van der Waals surface area (Å²) in [6.45, 7) is 3.66. The molecular formula is C18H22N2O2. The summed E-state index contributed by atoms with van der Waals surface area (Å²) in [5.41, 5.74) is 1.93. The number of carbonyl (C=O) groups is 1. The molecule has 0 aliphatic carbocycles. The number of anilines is 2. The van der Waals surface area contributed by atoms with E-state index in [1.165, 1.54) is 0 Å². The van der Waals surface area contributed by atoms with E-state index >= 15 is 0 Å². The molecule has 2 aromatic rings. The van der Waals surface area contributed by atoms with Crippen LogP contribution in [0.5, 0.6) is 5.75 Å². The lowest BCUT2D eigenvalue weighted by Gasteiger charge is -2.22. The molecule has 2 rings (SSSR count). The van der Waals surface area contributed by atoms with E-state index in [9.17, 15) is 4.79 Å². The Morgan fingerprint density at radius 2 is 1.77 bits per heavy atom. The van der Waals surface area contributed by atoms with Crippen molar-refractivity contribution in [3.8, 4) is 5.75 Å². The third-order valence-electron chi connectivity index (χ3n) is 3.49. The van der Waals surface area contributed by atoms with Gasteiger partial charge in [-0.2, -0.15) is 0 Å². The van der Waals surface area contributed by atoms with E-state index in [4.69, 9.17) is 4.74 Å². The van der Waals surface area contributed by atoms with Crippen molar-refractivity contribution in [2.75, 3.05) is 30.4 Å². The topological polar surface area (TPSA) is 41.6 Å². The van der Waals surface area contributed by atoms with Crippen molar-refractivity contribution in [1.29, 1.82) is 0 Å². The fourth-order valence-corrected chi connectivity index (χ4v) is 2.24. The highest BCUT2D eigenvalue weighted by atomic mass is 16.5. The molecule has 0 unspecified atom stereocenters. The van der Waals surface area contributed by atoms with Crippen LogP contribution in [0.1, 0.15) is 13.3 Å². The highest BCUT2D eigenvalue weighted by Gasteiger charge is 2.08. The second kappa shape index (κ2) is 8.08. The summed E-state index contributed by atoms with van der Waals surface area (Å²) < 4.78 is 5.10. The van der Waals surface area contributed by atoms with Gasteiger partial charge in [0, 0.05) is 30.9 Å². The molecule has 0 saturated heterocycles. The second-order valence-corrected chi connectivity index (χ2v) is 4.94. The zero-order chi connectivity index (χ0) is 15.8. The lowest BCUT2D eigenvalue weighted by molar-refractivity contribution is -0.116. The molecule has 0 bridgehead atoms. The minimum atomic E-state index is 0.0135. The average molecular weight is 298 g/mol. The Labute approximate surface area is 131 Å². The molecule has 1 amide bonds. The molecule has 116 valence electrons. The van der Waals surface area contributed by atoms with Gasteiger partial charge in [-0.15, -0.1) is 0 Å². The summed E-state index contributed by atoms with van der Waals surface area (Å²) >= 11 is 0. The summed E-state index contributed by atoms with van der Waals surface area (Å²) in [6.07, 6.45) is 0.453. The Balaban J connectivity index is 1.86. The third kappa shape index (κ3) is 4.52. The van der Waals surface area contributed by atoms with E-state index in [2.05, 4.69) is 29.3 Å². The van der Waals surface area contributed by atoms with E-state index in [-0.39, 0.29) is 5.91 Å². The van der Waals surface area contributed by atoms with Gasteiger partial charge in [-0.1, -0.05) is 18.2 Å². The predicted octanol–water partition coefficient (Wildman–Crippen LogP) is 3.55. The van der Waals surface area contributed by atoms with Crippen molar-refractivity contribution in [2.45, 2.75) is 13.3 Å². The van der Waals surface area contributed by atoms with E-state index in [1.54, 1.807) is 7.11 Å². The molecule has 0 fully saturated rings. The van der Waals surface area contributed by atoms with E-state index in [1.807, 2.05) is 42.5 Å². The maximum Gasteiger partial charge on any atom is 0.226 e. The molecule has 0 aromatic heterocycles. The quantitative estimate of drug-likeness (QED) is 0.850. The Kier molecular flexibility index (Phi) is 5.83. The van der Waals surface area contributed by atoms with Gasteiger partial charge >= 0.3 is 0 Å². The first-order valence-corrected chi connectivity index (χ1v) is 7.47. The Morgan fingerprint density at radius 1 is 1.09 bits per heavy atom. The lowest BCUT2D eigenvalue weighted by atomic mass is 10.2. The second-order valence-electron chi connectivity index (χ2n) is 4.94. The van der Waals surface area contributed by atoms with Crippen LogP contribution in [0, 0.1) is 0 Å². The van der Waals surface area contributed by atoms with Crippen LogP contribution in [-0.4, -0.2) is 26.1 Å². The molecule has 0 radical (unpaired) electrons. The van der Waals surface area contributed by atoms with Crippen LogP contribution in [0.15, 0.2) is 54.6 Å². The first-order valence-electron chi connectivity index (χ1n) is 7.47. The SMILES string of the molecule is CCN(CCC(=O)Nc1ccc(OC)cc1)c1ccccc1. The molecule has 0 saturated carbocycles. The number of hydrogen-bond acceptors (Lipinski definition) is 3. The highest BCUT2D eigenvalue weighted by molar-refractivity contribution is 5.91. The molecule has 0 atom stereocenters. The maximum absolute atomic E-state index is 12.0. The molecule has 4 heteroatoms. The standard InChI is InChI=1S/C18H22N2O2/c1-3-20(16-7-5-4-6-8-16)14-13-18(21)19-15-9-11-17(22-2)12-10-15/h4-12H,3,13-14H2,1-2H3,(H,19,21). The molecule has 0 aliphatic heterocycles. The fourth-order valence-electron chi connectivity index (χ4n) is 2.24. The Bertz CT molecular complexity index is 582. The number of ether oxygens (including phenoxy) is 1. The van der Waals surface area contributed by atoms with Gasteiger partial charge in [0.15, 0.2) is 0 Å². The van der Waals surface area contributed by atoms with Crippen LogP contribution in [0.2, 0.25) is 0 Å². The minimum Gasteiger partial charge on any atom is -0.497 e. The molecule has 22 heavy (non-hydrogen) atoms. The number of methoxy groups -OCH3 is 1. The van der Waals surface area contributed by atoms with Crippen LogP contribution in [0.4, 0.5) is 11.4 Å². The largest absolute Gasteiger partial charge is 0.497 e. The number of amides is 1. The van der Waals surface area contributed by atoms with Crippen LogP contribution >= 0.6 is 0 Å². The lowest BCUT2D eigenvalue weighted by Crippen LogP contribution is -2.27. The van der Waals surface area contributed by atoms with Crippen molar-refractivity contribution < 1.29 is 9.53 Å². The van der Waals surface area contributed by atoms with Crippen molar-refractivity contribution >= 4 is 17.3 Å². The zero-order valence-corrected chi connectivity index (χ0v) is 13.1. The van der Waals surface area contributed by atoms with Gasteiger partial charge < -0.3 is 15.0 Å². The predicted molar refractivity (Wildman–Crippen MR) is 90.6 cm³/mol. The first kappa shape index (κ1) is 15.9. The maximum atomic E-state index is 12.0. The molecule has 0 heterocycles. The normalized spacial score (nSPS) is 10.1. The Morgan fingerprint density at radius 3 is 2.36 bits per heavy atom.